The smallest absolute Gasteiger partial charge is 0.421 e. The van der Waals surface area contributed by atoms with Crippen molar-refractivity contribution < 1.29 is 31.5 Å². The molecule has 0 atom stereocenters. The van der Waals surface area contributed by atoms with Gasteiger partial charge in [-0.15, -0.1) is 0 Å². The van der Waals surface area contributed by atoms with Crippen molar-refractivity contribution in [1.29, 1.82) is 0 Å². The molecule has 0 fully saturated rings. The Bertz CT molecular complexity index is 1930. The molecule has 0 unspecified atom stereocenters. The summed E-state index contributed by atoms with van der Waals surface area (Å²) in [5.41, 5.74) is 2.75. The monoisotopic (exact) mass is 656 g/mol. The van der Waals surface area contributed by atoms with E-state index in [-0.39, 0.29) is 23.4 Å². The SMILES string of the molecule is Cc1ccc(S(=O)(=O)N(CCc2ccc(-n3c(CCCc4ccncc4)nc4cc(C(F)(F)F)c(Cl)cc43)cc2)C(=O)O)cc1. The van der Waals surface area contributed by atoms with Crippen LogP contribution in [0.15, 0.2) is 90.1 Å². The highest BCUT2D eigenvalue weighted by Crippen LogP contribution is 2.38. The van der Waals surface area contributed by atoms with Crippen molar-refractivity contribution in [2.75, 3.05) is 6.54 Å². The van der Waals surface area contributed by atoms with Gasteiger partial charge in [0.05, 0.1) is 26.5 Å². The van der Waals surface area contributed by atoms with Crippen molar-refractivity contribution in [1.82, 2.24) is 18.8 Å². The van der Waals surface area contributed by atoms with E-state index in [1.165, 1.54) is 18.2 Å². The van der Waals surface area contributed by atoms with E-state index in [1.54, 1.807) is 60.3 Å². The molecule has 5 aromatic rings. The van der Waals surface area contributed by atoms with Crippen LogP contribution in [0.3, 0.4) is 0 Å². The maximum absolute atomic E-state index is 13.6. The predicted octanol–water partition coefficient (Wildman–Crippen LogP) is 7.49. The summed E-state index contributed by atoms with van der Waals surface area (Å²) in [6.45, 7) is 1.48. The molecule has 0 aliphatic rings. The third-order valence-corrected chi connectivity index (χ3v) is 9.45. The van der Waals surface area contributed by atoms with Gasteiger partial charge < -0.3 is 5.11 Å². The number of alkyl halides is 3. The summed E-state index contributed by atoms with van der Waals surface area (Å²) in [5.74, 6) is 0.545. The van der Waals surface area contributed by atoms with Gasteiger partial charge >= 0.3 is 12.3 Å². The van der Waals surface area contributed by atoms with E-state index in [2.05, 4.69) is 9.97 Å². The number of aromatic nitrogens is 3. The van der Waals surface area contributed by atoms with Gasteiger partial charge in [-0.25, -0.2) is 22.5 Å². The fraction of sp³-hybridized carbons (Fsp3) is 0.219. The second kappa shape index (κ2) is 12.9. The van der Waals surface area contributed by atoms with E-state index in [1.807, 2.05) is 12.1 Å². The quantitative estimate of drug-likeness (QED) is 0.167. The van der Waals surface area contributed by atoms with Crippen LogP contribution in [-0.4, -0.2) is 45.0 Å². The van der Waals surface area contributed by atoms with Crippen LogP contribution in [0.25, 0.3) is 16.7 Å². The van der Waals surface area contributed by atoms with Crippen molar-refractivity contribution in [2.24, 2.45) is 0 Å². The largest absolute Gasteiger partial charge is 0.464 e. The lowest BCUT2D eigenvalue weighted by Gasteiger charge is -2.19. The molecule has 0 saturated heterocycles. The lowest BCUT2D eigenvalue weighted by molar-refractivity contribution is -0.137. The molecular formula is C32H28ClF3N4O4S. The number of carbonyl (C=O) groups is 1. The highest BCUT2D eigenvalue weighted by atomic mass is 35.5. The van der Waals surface area contributed by atoms with Crippen LogP contribution in [0.1, 0.15) is 34.5 Å². The molecule has 3 aromatic carbocycles. The number of amides is 1. The summed E-state index contributed by atoms with van der Waals surface area (Å²) in [5, 5.41) is 9.25. The normalized spacial score (nSPS) is 12.0. The maximum Gasteiger partial charge on any atom is 0.421 e. The number of sulfonamides is 1. The zero-order valence-electron chi connectivity index (χ0n) is 24.0. The first-order valence-electron chi connectivity index (χ1n) is 13.9. The summed E-state index contributed by atoms with van der Waals surface area (Å²) < 4.78 is 69.0. The standard InChI is InChI=1S/C32H28ClF3N4O4S/c1-21-5-11-25(12-6-21)45(43,44)39(31(41)42)18-15-23-7-9-24(10-8-23)40-29-20-27(33)26(32(34,35)36)19-28(29)38-30(40)4-2-3-22-13-16-37-17-14-22/h5-14,16-17,19-20H,2-4,15,18H2,1H3,(H,41,42). The fourth-order valence-electron chi connectivity index (χ4n) is 5.02. The van der Waals surface area contributed by atoms with E-state index in [0.29, 0.717) is 46.2 Å². The first kappa shape index (κ1) is 32.0. The summed E-state index contributed by atoms with van der Waals surface area (Å²) in [4.78, 5) is 20.4. The van der Waals surface area contributed by atoms with Gasteiger partial charge in [-0.2, -0.15) is 13.2 Å². The van der Waals surface area contributed by atoms with Crippen LogP contribution >= 0.6 is 11.6 Å². The number of aryl methyl sites for hydroxylation is 3. The van der Waals surface area contributed by atoms with Crippen molar-refractivity contribution in [3.63, 3.8) is 0 Å². The van der Waals surface area contributed by atoms with E-state index in [0.717, 1.165) is 17.2 Å². The highest BCUT2D eigenvalue weighted by Gasteiger charge is 2.34. The van der Waals surface area contributed by atoms with Gasteiger partial charge in [-0.1, -0.05) is 41.4 Å². The number of benzene rings is 3. The molecule has 13 heteroatoms. The van der Waals surface area contributed by atoms with Crippen LogP contribution in [0.5, 0.6) is 0 Å². The van der Waals surface area contributed by atoms with Gasteiger partial charge in [0.1, 0.15) is 5.82 Å². The van der Waals surface area contributed by atoms with Crippen LogP contribution < -0.4 is 0 Å². The first-order chi connectivity index (χ1) is 21.3. The Kier molecular flexibility index (Phi) is 9.17. The number of pyridine rings is 1. The van der Waals surface area contributed by atoms with Crippen LogP contribution in [-0.2, 0) is 35.5 Å². The van der Waals surface area contributed by atoms with Gasteiger partial charge in [0.15, 0.2) is 0 Å². The maximum atomic E-state index is 13.6. The lowest BCUT2D eigenvalue weighted by Crippen LogP contribution is -2.37. The van der Waals surface area contributed by atoms with Gasteiger partial charge in [0.2, 0.25) is 0 Å². The summed E-state index contributed by atoms with van der Waals surface area (Å²) >= 11 is 6.08. The van der Waals surface area contributed by atoms with Gasteiger partial charge in [0.25, 0.3) is 10.0 Å². The van der Waals surface area contributed by atoms with Gasteiger partial charge in [-0.3, -0.25) is 9.55 Å². The molecule has 5 rings (SSSR count). The predicted molar refractivity (Wildman–Crippen MR) is 164 cm³/mol. The molecule has 0 aliphatic heterocycles. The second-order valence-electron chi connectivity index (χ2n) is 10.5. The molecule has 1 N–H and O–H groups in total. The molecule has 0 saturated carbocycles. The third kappa shape index (κ3) is 7.12. The topological polar surface area (TPSA) is 105 Å². The Hall–Kier alpha value is -4.42. The molecule has 8 nitrogen and oxygen atoms in total. The number of imidazole rings is 1. The zero-order valence-corrected chi connectivity index (χ0v) is 25.6. The van der Waals surface area contributed by atoms with E-state index in [9.17, 15) is 31.5 Å². The fourth-order valence-corrected chi connectivity index (χ4v) is 6.56. The zero-order chi connectivity index (χ0) is 32.4. The average Bonchev–Trinajstić information content (AvgIpc) is 3.34. The van der Waals surface area contributed by atoms with Crippen molar-refractivity contribution in [3.05, 3.63) is 118 Å². The molecule has 2 heterocycles. The van der Waals surface area contributed by atoms with E-state index < -0.39 is 32.9 Å². The Morgan fingerprint density at radius 2 is 1.58 bits per heavy atom. The Morgan fingerprint density at radius 1 is 0.933 bits per heavy atom. The Balaban J connectivity index is 1.42. The van der Waals surface area contributed by atoms with Crippen molar-refractivity contribution in [3.8, 4) is 5.69 Å². The Labute approximate surface area is 262 Å². The molecule has 0 spiro atoms. The van der Waals surface area contributed by atoms with Gasteiger partial charge in [0, 0.05) is 31.0 Å². The molecule has 0 radical (unpaired) electrons. The number of nitrogens with zero attached hydrogens (tertiary/aromatic N) is 4. The van der Waals surface area contributed by atoms with Gasteiger partial charge in [-0.05, 0) is 85.8 Å². The van der Waals surface area contributed by atoms with Crippen LogP contribution in [0, 0.1) is 6.92 Å². The molecule has 45 heavy (non-hydrogen) atoms. The molecule has 0 bridgehead atoms. The third-order valence-electron chi connectivity index (χ3n) is 7.35. The summed E-state index contributed by atoms with van der Waals surface area (Å²) in [7, 11) is -4.28. The second-order valence-corrected chi connectivity index (χ2v) is 12.7. The average molecular weight is 657 g/mol. The summed E-state index contributed by atoms with van der Waals surface area (Å²) in [6.07, 6.45) is -0.903. The molecule has 0 aliphatic carbocycles. The number of rotatable bonds is 10. The minimum atomic E-state index is -4.64. The summed E-state index contributed by atoms with van der Waals surface area (Å²) in [6, 6.07) is 18.8. The number of fused-ring (bicyclic) bond motifs is 1. The highest BCUT2D eigenvalue weighted by molar-refractivity contribution is 7.89. The van der Waals surface area contributed by atoms with Crippen LogP contribution in [0.2, 0.25) is 5.02 Å². The van der Waals surface area contributed by atoms with Crippen molar-refractivity contribution in [2.45, 2.75) is 43.7 Å². The van der Waals surface area contributed by atoms with E-state index >= 15 is 0 Å². The number of hydrogen-bond donors (Lipinski definition) is 1. The molecule has 234 valence electrons. The molecule has 1 amide bonds. The lowest BCUT2D eigenvalue weighted by atomic mass is 10.1. The minimum absolute atomic E-state index is 0.0991. The molecule has 2 aromatic heterocycles. The number of halogens is 4. The minimum Gasteiger partial charge on any atom is -0.464 e. The Morgan fingerprint density at radius 3 is 2.20 bits per heavy atom. The van der Waals surface area contributed by atoms with E-state index in [4.69, 9.17) is 11.6 Å². The number of hydrogen-bond acceptors (Lipinski definition) is 5. The first-order valence-corrected chi connectivity index (χ1v) is 15.7. The van der Waals surface area contributed by atoms with Crippen LogP contribution in [0.4, 0.5) is 18.0 Å². The van der Waals surface area contributed by atoms with Crippen molar-refractivity contribution >= 4 is 38.8 Å². The molecular weight excluding hydrogens is 629 g/mol. The number of carboxylic acid groups (broad SMARTS) is 1.